The molecule has 0 amide bonds. The Morgan fingerprint density at radius 3 is 3.00 bits per heavy atom. The Morgan fingerprint density at radius 2 is 2.60 bits per heavy atom. The van der Waals surface area contributed by atoms with E-state index >= 15 is 0 Å². The highest BCUT2D eigenvalue weighted by molar-refractivity contribution is 9.11. The van der Waals surface area contributed by atoms with E-state index in [1.807, 2.05) is 6.92 Å². The maximum Gasteiger partial charge on any atom is 0.181 e. The Morgan fingerprint density at radius 1 is 1.90 bits per heavy atom. The summed E-state index contributed by atoms with van der Waals surface area (Å²) in [6, 6.07) is 0. The first-order chi connectivity index (χ1) is 4.74. The standard InChI is InChI=1S/C6H6BrNOS/c1-2-5(9)4-3-10-6(7)8-4/h3H,2H2,1H3. The van der Waals surface area contributed by atoms with Crippen LogP contribution in [-0.2, 0) is 0 Å². The van der Waals surface area contributed by atoms with Crippen molar-refractivity contribution in [3.05, 3.63) is 15.0 Å². The molecule has 0 N–H and O–H groups in total. The van der Waals surface area contributed by atoms with Crippen molar-refractivity contribution in [2.24, 2.45) is 0 Å². The number of aromatic nitrogens is 1. The molecule has 0 radical (unpaired) electrons. The topological polar surface area (TPSA) is 30.0 Å². The van der Waals surface area contributed by atoms with Crippen molar-refractivity contribution in [3.63, 3.8) is 0 Å². The van der Waals surface area contributed by atoms with Gasteiger partial charge < -0.3 is 0 Å². The molecule has 0 aliphatic rings. The lowest BCUT2D eigenvalue weighted by Crippen LogP contribution is -1.95. The van der Waals surface area contributed by atoms with Gasteiger partial charge in [-0.3, -0.25) is 4.79 Å². The number of ketones is 1. The summed E-state index contributed by atoms with van der Waals surface area (Å²) in [4.78, 5) is 14.9. The van der Waals surface area contributed by atoms with Crippen molar-refractivity contribution in [2.75, 3.05) is 0 Å². The summed E-state index contributed by atoms with van der Waals surface area (Å²) in [5.74, 6) is 0.0990. The van der Waals surface area contributed by atoms with Gasteiger partial charge in [-0.25, -0.2) is 4.98 Å². The van der Waals surface area contributed by atoms with Crippen LogP contribution >= 0.6 is 27.3 Å². The van der Waals surface area contributed by atoms with Crippen molar-refractivity contribution < 1.29 is 4.79 Å². The predicted molar refractivity (Wildman–Crippen MR) is 44.4 cm³/mol. The molecule has 1 rings (SSSR count). The van der Waals surface area contributed by atoms with Gasteiger partial charge in [0.25, 0.3) is 0 Å². The minimum atomic E-state index is 0.0990. The van der Waals surface area contributed by atoms with Crippen LogP contribution in [0.15, 0.2) is 9.30 Å². The van der Waals surface area contributed by atoms with Crippen molar-refractivity contribution in [1.29, 1.82) is 0 Å². The normalized spacial score (nSPS) is 9.80. The first-order valence-electron chi connectivity index (χ1n) is 2.88. The van der Waals surface area contributed by atoms with Crippen LogP contribution in [0.5, 0.6) is 0 Å². The van der Waals surface area contributed by atoms with Gasteiger partial charge in [0.2, 0.25) is 0 Å². The van der Waals surface area contributed by atoms with Gasteiger partial charge in [0.15, 0.2) is 9.70 Å². The van der Waals surface area contributed by atoms with E-state index in [9.17, 15) is 4.79 Å². The minimum Gasteiger partial charge on any atom is -0.292 e. The molecule has 0 bridgehead atoms. The SMILES string of the molecule is CCC(=O)c1csc(Br)n1. The average molecular weight is 220 g/mol. The number of Topliss-reactive ketones (excluding diaryl/α,β-unsaturated/α-hetero) is 1. The molecule has 0 saturated heterocycles. The summed E-state index contributed by atoms with van der Waals surface area (Å²) in [6.07, 6.45) is 0.524. The molecule has 0 aliphatic carbocycles. The van der Waals surface area contributed by atoms with Crippen molar-refractivity contribution in [1.82, 2.24) is 4.98 Å². The number of carbonyl (C=O) groups excluding carboxylic acids is 1. The smallest absolute Gasteiger partial charge is 0.181 e. The number of hydrogen-bond donors (Lipinski definition) is 0. The number of thiazole rings is 1. The Kier molecular flexibility index (Phi) is 2.56. The van der Waals surface area contributed by atoms with Crippen LogP contribution in [-0.4, -0.2) is 10.8 Å². The van der Waals surface area contributed by atoms with Crippen molar-refractivity contribution >= 4 is 33.0 Å². The molecule has 2 nitrogen and oxygen atoms in total. The maximum atomic E-state index is 11.0. The van der Waals surface area contributed by atoms with Gasteiger partial charge in [-0.2, -0.15) is 0 Å². The van der Waals surface area contributed by atoms with Gasteiger partial charge in [-0.05, 0) is 15.9 Å². The molecule has 1 heterocycles. The molecule has 0 aliphatic heterocycles. The highest BCUT2D eigenvalue weighted by Gasteiger charge is 2.05. The number of halogens is 1. The van der Waals surface area contributed by atoms with Gasteiger partial charge in [-0.1, -0.05) is 6.92 Å². The minimum absolute atomic E-state index is 0.0990. The third-order valence-corrected chi connectivity index (χ3v) is 2.45. The second-order valence-corrected chi connectivity index (χ2v) is 3.90. The molecular weight excluding hydrogens is 214 g/mol. The zero-order valence-electron chi connectivity index (χ0n) is 5.43. The van der Waals surface area contributed by atoms with Gasteiger partial charge >= 0.3 is 0 Å². The summed E-state index contributed by atoms with van der Waals surface area (Å²) < 4.78 is 0.768. The first-order valence-corrected chi connectivity index (χ1v) is 4.55. The number of hydrogen-bond acceptors (Lipinski definition) is 3. The van der Waals surface area contributed by atoms with E-state index in [0.717, 1.165) is 3.92 Å². The van der Waals surface area contributed by atoms with Gasteiger partial charge in [0.1, 0.15) is 5.69 Å². The van der Waals surface area contributed by atoms with Crippen LogP contribution in [0.4, 0.5) is 0 Å². The lowest BCUT2D eigenvalue weighted by Gasteiger charge is -1.85. The van der Waals surface area contributed by atoms with E-state index in [4.69, 9.17) is 0 Å². The molecule has 1 aromatic heterocycles. The lowest BCUT2D eigenvalue weighted by molar-refractivity contribution is 0.0984. The molecule has 10 heavy (non-hydrogen) atoms. The molecule has 1 aromatic rings. The van der Waals surface area contributed by atoms with E-state index in [0.29, 0.717) is 12.1 Å². The van der Waals surface area contributed by atoms with E-state index in [-0.39, 0.29) is 5.78 Å². The molecule has 54 valence electrons. The van der Waals surface area contributed by atoms with E-state index in [2.05, 4.69) is 20.9 Å². The summed E-state index contributed by atoms with van der Waals surface area (Å²) in [5.41, 5.74) is 0.569. The Bertz CT molecular complexity index is 246. The number of rotatable bonds is 2. The maximum absolute atomic E-state index is 11.0. The Hall–Kier alpha value is -0.220. The molecule has 0 unspecified atom stereocenters. The zero-order chi connectivity index (χ0) is 7.56. The van der Waals surface area contributed by atoms with Gasteiger partial charge in [0.05, 0.1) is 0 Å². The average Bonchev–Trinajstić information content (AvgIpc) is 2.34. The van der Waals surface area contributed by atoms with E-state index in [1.165, 1.54) is 11.3 Å². The highest BCUT2D eigenvalue weighted by Crippen LogP contribution is 2.16. The predicted octanol–water partition coefficient (Wildman–Crippen LogP) is 2.50. The third-order valence-electron chi connectivity index (χ3n) is 1.08. The molecule has 4 heteroatoms. The Balaban J connectivity index is 2.85. The largest absolute Gasteiger partial charge is 0.292 e. The molecular formula is C6H6BrNOS. The van der Waals surface area contributed by atoms with Crippen LogP contribution in [0.25, 0.3) is 0 Å². The van der Waals surface area contributed by atoms with Gasteiger partial charge in [0, 0.05) is 11.8 Å². The lowest BCUT2D eigenvalue weighted by atomic mass is 10.2. The first kappa shape index (κ1) is 7.88. The monoisotopic (exact) mass is 219 g/mol. The van der Waals surface area contributed by atoms with E-state index in [1.54, 1.807) is 5.38 Å². The van der Waals surface area contributed by atoms with Crippen LogP contribution in [0.2, 0.25) is 0 Å². The second kappa shape index (κ2) is 3.25. The third kappa shape index (κ3) is 1.64. The van der Waals surface area contributed by atoms with Crippen molar-refractivity contribution in [3.8, 4) is 0 Å². The van der Waals surface area contributed by atoms with Crippen LogP contribution in [0, 0.1) is 0 Å². The molecule has 0 aromatic carbocycles. The Labute approximate surface area is 71.4 Å². The fourth-order valence-corrected chi connectivity index (χ4v) is 1.58. The summed E-state index contributed by atoms with van der Waals surface area (Å²) >= 11 is 4.62. The van der Waals surface area contributed by atoms with E-state index < -0.39 is 0 Å². The van der Waals surface area contributed by atoms with Crippen LogP contribution in [0.1, 0.15) is 23.8 Å². The van der Waals surface area contributed by atoms with Crippen LogP contribution in [0.3, 0.4) is 0 Å². The fourth-order valence-electron chi connectivity index (χ4n) is 0.561. The fraction of sp³-hybridized carbons (Fsp3) is 0.333. The number of nitrogens with zero attached hydrogens (tertiary/aromatic N) is 1. The summed E-state index contributed by atoms with van der Waals surface area (Å²) in [5, 5.41) is 1.76. The molecule has 0 fully saturated rings. The molecule has 0 spiro atoms. The summed E-state index contributed by atoms with van der Waals surface area (Å²) in [7, 11) is 0. The quantitative estimate of drug-likeness (QED) is 0.716. The van der Waals surface area contributed by atoms with Gasteiger partial charge in [-0.15, -0.1) is 11.3 Å². The second-order valence-electron chi connectivity index (χ2n) is 1.76. The number of carbonyl (C=O) groups is 1. The summed E-state index contributed by atoms with van der Waals surface area (Å²) in [6.45, 7) is 1.83. The van der Waals surface area contributed by atoms with Crippen molar-refractivity contribution in [2.45, 2.75) is 13.3 Å². The zero-order valence-corrected chi connectivity index (χ0v) is 7.83. The molecule has 0 saturated carbocycles. The van der Waals surface area contributed by atoms with Crippen LogP contribution < -0.4 is 0 Å². The molecule has 0 atom stereocenters. The highest BCUT2D eigenvalue weighted by atomic mass is 79.9.